The summed E-state index contributed by atoms with van der Waals surface area (Å²) in [5.74, 6) is 2.49. The number of nitrogens with one attached hydrogen (secondary N) is 2. The Hall–Kier alpha value is -1.10. The number of hydrogen-bond acceptors (Lipinski definition) is 4. The van der Waals surface area contributed by atoms with Gasteiger partial charge in [-0.25, -0.2) is 0 Å². The second-order valence-electron chi connectivity index (χ2n) is 5.60. The summed E-state index contributed by atoms with van der Waals surface area (Å²) in [5.41, 5.74) is 0. The van der Waals surface area contributed by atoms with Crippen molar-refractivity contribution in [3.05, 3.63) is 5.82 Å². The number of nitrogens with zero attached hydrogens (tertiary/aromatic N) is 3. The van der Waals surface area contributed by atoms with Crippen molar-refractivity contribution in [3.8, 4) is 0 Å². The summed E-state index contributed by atoms with van der Waals surface area (Å²) in [6.07, 6.45) is 4.79. The zero-order valence-corrected chi connectivity index (χ0v) is 12.4. The van der Waals surface area contributed by atoms with E-state index in [4.69, 9.17) is 4.98 Å². The standard InChI is InChI=1S/C14H27N5/c1-4-6-12(7-5-2)13-16-14(18-17-13)19-9-8-15-11(3)10-19/h11-12,15H,4-10H2,1-3H3,(H,16,17,18)/t11-/m1/s1. The van der Waals surface area contributed by atoms with Gasteiger partial charge in [0, 0.05) is 31.6 Å². The Morgan fingerprint density at radius 3 is 2.68 bits per heavy atom. The van der Waals surface area contributed by atoms with Gasteiger partial charge in [0.05, 0.1) is 0 Å². The Balaban J connectivity index is 2.04. The molecule has 1 aliphatic rings. The summed E-state index contributed by atoms with van der Waals surface area (Å²) in [4.78, 5) is 7.01. The van der Waals surface area contributed by atoms with Gasteiger partial charge in [-0.15, -0.1) is 5.10 Å². The maximum Gasteiger partial charge on any atom is 0.244 e. The van der Waals surface area contributed by atoms with Crippen molar-refractivity contribution in [1.82, 2.24) is 20.5 Å². The van der Waals surface area contributed by atoms with E-state index in [9.17, 15) is 0 Å². The molecule has 0 aliphatic carbocycles. The Kier molecular flexibility index (Phi) is 5.19. The van der Waals surface area contributed by atoms with Crippen LogP contribution in [0, 0.1) is 0 Å². The van der Waals surface area contributed by atoms with Crippen LogP contribution in [0.4, 0.5) is 5.95 Å². The van der Waals surface area contributed by atoms with Crippen LogP contribution in [0.5, 0.6) is 0 Å². The Labute approximate surface area is 116 Å². The van der Waals surface area contributed by atoms with Crippen LogP contribution in [-0.4, -0.2) is 40.9 Å². The molecule has 0 radical (unpaired) electrons. The fourth-order valence-electron chi connectivity index (χ4n) is 2.82. The van der Waals surface area contributed by atoms with Gasteiger partial charge in [-0.2, -0.15) is 4.98 Å². The van der Waals surface area contributed by atoms with Gasteiger partial charge in [-0.3, -0.25) is 5.10 Å². The number of piperazine rings is 1. The molecule has 1 saturated heterocycles. The molecule has 5 nitrogen and oxygen atoms in total. The zero-order valence-electron chi connectivity index (χ0n) is 12.4. The predicted molar refractivity (Wildman–Crippen MR) is 78.6 cm³/mol. The first-order valence-corrected chi connectivity index (χ1v) is 7.65. The number of aromatic nitrogens is 3. The van der Waals surface area contributed by atoms with Crippen LogP contribution in [0.1, 0.15) is 58.2 Å². The lowest BCUT2D eigenvalue weighted by Crippen LogP contribution is -2.49. The van der Waals surface area contributed by atoms with Gasteiger partial charge in [-0.1, -0.05) is 26.7 Å². The third kappa shape index (κ3) is 3.69. The first-order chi connectivity index (χ1) is 9.24. The molecule has 1 aromatic rings. The first-order valence-electron chi connectivity index (χ1n) is 7.65. The minimum atomic E-state index is 0.512. The average Bonchev–Trinajstić information content (AvgIpc) is 2.88. The number of rotatable bonds is 6. The normalized spacial score (nSPS) is 20.2. The Bertz CT molecular complexity index is 350. The second-order valence-corrected chi connectivity index (χ2v) is 5.60. The smallest absolute Gasteiger partial charge is 0.244 e. The Morgan fingerprint density at radius 2 is 2.05 bits per heavy atom. The van der Waals surface area contributed by atoms with E-state index in [1.54, 1.807) is 0 Å². The van der Waals surface area contributed by atoms with E-state index in [0.29, 0.717) is 12.0 Å². The lowest BCUT2D eigenvalue weighted by atomic mass is 9.98. The van der Waals surface area contributed by atoms with E-state index in [1.165, 1.54) is 25.7 Å². The predicted octanol–water partition coefficient (Wildman–Crippen LogP) is 2.29. The van der Waals surface area contributed by atoms with Gasteiger partial charge in [-0.05, 0) is 19.8 Å². The molecule has 2 N–H and O–H groups in total. The molecule has 108 valence electrons. The molecule has 1 atom stereocenters. The monoisotopic (exact) mass is 265 g/mol. The van der Waals surface area contributed by atoms with Crippen LogP contribution in [0.25, 0.3) is 0 Å². The fraction of sp³-hybridized carbons (Fsp3) is 0.857. The van der Waals surface area contributed by atoms with Crippen LogP contribution < -0.4 is 10.2 Å². The summed E-state index contributed by atoms with van der Waals surface area (Å²) >= 11 is 0. The molecule has 2 heterocycles. The lowest BCUT2D eigenvalue weighted by Gasteiger charge is -2.30. The molecule has 1 aliphatic heterocycles. The number of aromatic amines is 1. The van der Waals surface area contributed by atoms with Crippen molar-refractivity contribution in [2.45, 2.75) is 58.4 Å². The summed E-state index contributed by atoms with van der Waals surface area (Å²) < 4.78 is 0. The molecular formula is C14H27N5. The van der Waals surface area contributed by atoms with E-state index in [1.807, 2.05) is 0 Å². The minimum absolute atomic E-state index is 0.512. The van der Waals surface area contributed by atoms with Gasteiger partial charge in [0.15, 0.2) is 0 Å². The topological polar surface area (TPSA) is 56.8 Å². The third-order valence-corrected chi connectivity index (χ3v) is 3.80. The van der Waals surface area contributed by atoms with Crippen LogP contribution in [0.3, 0.4) is 0 Å². The van der Waals surface area contributed by atoms with Crippen molar-refractivity contribution in [3.63, 3.8) is 0 Å². The van der Waals surface area contributed by atoms with Crippen molar-refractivity contribution < 1.29 is 0 Å². The SMILES string of the molecule is CCCC(CCC)c1nc(N2CCN[C@H](C)C2)n[nH]1. The largest absolute Gasteiger partial charge is 0.337 e. The molecule has 0 amide bonds. The number of anilines is 1. The van der Waals surface area contributed by atoms with Crippen molar-refractivity contribution in [1.29, 1.82) is 0 Å². The summed E-state index contributed by atoms with van der Waals surface area (Å²) in [6, 6.07) is 0.512. The highest BCUT2D eigenvalue weighted by Crippen LogP contribution is 2.24. The highest BCUT2D eigenvalue weighted by molar-refractivity contribution is 5.30. The molecule has 0 unspecified atom stereocenters. The highest BCUT2D eigenvalue weighted by atomic mass is 15.4. The van der Waals surface area contributed by atoms with Crippen LogP contribution >= 0.6 is 0 Å². The fourth-order valence-corrected chi connectivity index (χ4v) is 2.82. The second kappa shape index (κ2) is 6.89. The van der Waals surface area contributed by atoms with E-state index < -0.39 is 0 Å². The summed E-state index contributed by atoms with van der Waals surface area (Å²) in [7, 11) is 0. The molecule has 0 saturated carbocycles. The summed E-state index contributed by atoms with van der Waals surface area (Å²) in [5, 5.41) is 11.0. The van der Waals surface area contributed by atoms with Gasteiger partial charge >= 0.3 is 0 Å². The zero-order chi connectivity index (χ0) is 13.7. The molecule has 2 rings (SSSR count). The quantitative estimate of drug-likeness (QED) is 0.828. The highest BCUT2D eigenvalue weighted by Gasteiger charge is 2.21. The van der Waals surface area contributed by atoms with Gasteiger partial charge in [0.25, 0.3) is 0 Å². The van der Waals surface area contributed by atoms with Crippen molar-refractivity contribution in [2.24, 2.45) is 0 Å². The van der Waals surface area contributed by atoms with Crippen LogP contribution in [0.15, 0.2) is 0 Å². The van der Waals surface area contributed by atoms with Gasteiger partial charge in [0.2, 0.25) is 5.95 Å². The summed E-state index contributed by atoms with van der Waals surface area (Å²) in [6.45, 7) is 9.67. The van der Waals surface area contributed by atoms with E-state index in [-0.39, 0.29) is 0 Å². The van der Waals surface area contributed by atoms with E-state index in [2.05, 4.69) is 41.2 Å². The van der Waals surface area contributed by atoms with E-state index >= 15 is 0 Å². The van der Waals surface area contributed by atoms with Gasteiger partial charge < -0.3 is 10.2 Å². The molecule has 1 aromatic heterocycles. The molecule has 0 bridgehead atoms. The molecule has 19 heavy (non-hydrogen) atoms. The maximum atomic E-state index is 4.74. The van der Waals surface area contributed by atoms with Crippen molar-refractivity contribution in [2.75, 3.05) is 24.5 Å². The average molecular weight is 265 g/mol. The van der Waals surface area contributed by atoms with Gasteiger partial charge in [0.1, 0.15) is 5.82 Å². The Morgan fingerprint density at radius 1 is 1.32 bits per heavy atom. The molecule has 1 fully saturated rings. The molecule has 5 heteroatoms. The lowest BCUT2D eigenvalue weighted by molar-refractivity contribution is 0.479. The minimum Gasteiger partial charge on any atom is -0.337 e. The molecule has 0 aromatic carbocycles. The van der Waals surface area contributed by atoms with Crippen LogP contribution in [0.2, 0.25) is 0 Å². The molecular weight excluding hydrogens is 238 g/mol. The van der Waals surface area contributed by atoms with Crippen LogP contribution in [-0.2, 0) is 0 Å². The first kappa shape index (κ1) is 14.3. The number of H-pyrrole nitrogens is 1. The third-order valence-electron chi connectivity index (χ3n) is 3.80. The maximum absolute atomic E-state index is 4.74. The van der Waals surface area contributed by atoms with E-state index in [0.717, 1.165) is 31.4 Å². The number of hydrogen-bond donors (Lipinski definition) is 2. The molecule has 0 spiro atoms. The van der Waals surface area contributed by atoms with Crippen molar-refractivity contribution >= 4 is 5.95 Å².